The fourth-order valence-electron chi connectivity index (χ4n) is 4.02. The molecule has 1 heterocycles. The number of carbonyl (C=O) groups is 4. The molecule has 3 amide bonds. The third-order valence-electron chi connectivity index (χ3n) is 6.12. The average molecular weight is 556 g/mol. The number of benzene rings is 2. The topological polar surface area (TPSA) is 187 Å². The summed E-state index contributed by atoms with van der Waals surface area (Å²) in [5.41, 5.74) is 8.32. The number of nitrogens with two attached hydrogens (primary N) is 1. The monoisotopic (exact) mass is 555 g/mol. The molecule has 3 atom stereocenters. The van der Waals surface area contributed by atoms with Crippen molar-refractivity contribution < 1.29 is 29.4 Å². The van der Waals surface area contributed by atoms with E-state index < -0.39 is 48.4 Å². The van der Waals surface area contributed by atoms with Crippen molar-refractivity contribution in [2.75, 3.05) is 18.6 Å². The predicted molar refractivity (Wildman–Crippen MR) is 149 cm³/mol. The second kappa shape index (κ2) is 14.2. The third kappa shape index (κ3) is 8.76. The van der Waals surface area contributed by atoms with E-state index in [2.05, 4.69) is 20.9 Å². The van der Waals surface area contributed by atoms with Gasteiger partial charge in [0.25, 0.3) is 0 Å². The molecule has 0 aliphatic carbocycles. The number of phenols is 1. The average Bonchev–Trinajstić information content (AvgIpc) is 3.33. The highest BCUT2D eigenvalue weighted by Gasteiger charge is 2.29. The molecule has 1 aromatic heterocycles. The molecule has 208 valence electrons. The summed E-state index contributed by atoms with van der Waals surface area (Å²) in [4.78, 5) is 53.4. The largest absolute Gasteiger partial charge is 0.508 e. The quantitative estimate of drug-likeness (QED) is 0.153. The maximum atomic E-state index is 13.6. The van der Waals surface area contributed by atoms with Crippen LogP contribution in [-0.4, -0.2) is 75.6 Å². The molecule has 39 heavy (non-hydrogen) atoms. The van der Waals surface area contributed by atoms with E-state index in [1.807, 2.05) is 30.5 Å². The first kappa shape index (κ1) is 29.5. The highest BCUT2D eigenvalue weighted by atomic mass is 32.2. The number of nitrogens with one attached hydrogen (secondary N) is 4. The fraction of sp³-hybridized carbons (Fsp3) is 0.333. The van der Waals surface area contributed by atoms with Gasteiger partial charge in [0.05, 0.1) is 6.04 Å². The zero-order chi connectivity index (χ0) is 28.4. The van der Waals surface area contributed by atoms with E-state index >= 15 is 0 Å². The molecule has 12 heteroatoms. The van der Waals surface area contributed by atoms with Crippen LogP contribution in [0.4, 0.5) is 0 Å². The Morgan fingerprint density at radius 2 is 1.62 bits per heavy atom. The van der Waals surface area contributed by atoms with Crippen molar-refractivity contribution in [1.29, 1.82) is 0 Å². The molecule has 3 unspecified atom stereocenters. The Kier molecular flexibility index (Phi) is 10.8. The number of amides is 3. The molecular formula is C27H33N5O6S. The van der Waals surface area contributed by atoms with E-state index in [1.165, 1.54) is 12.1 Å². The molecule has 0 bridgehead atoms. The van der Waals surface area contributed by atoms with Gasteiger partial charge in [0, 0.05) is 29.9 Å². The highest BCUT2D eigenvalue weighted by molar-refractivity contribution is 7.98. The van der Waals surface area contributed by atoms with Crippen LogP contribution in [-0.2, 0) is 32.0 Å². The third-order valence-corrected chi connectivity index (χ3v) is 6.77. The van der Waals surface area contributed by atoms with Crippen LogP contribution in [0.3, 0.4) is 0 Å². The van der Waals surface area contributed by atoms with Crippen molar-refractivity contribution >= 4 is 46.4 Å². The number of rotatable bonds is 14. The zero-order valence-electron chi connectivity index (χ0n) is 21.5. The number of fused-ring (bicyclic) bond motifs is 1. The minimum atomic E-state index is -1.23. The van der Waals surface area contributed by atoms with Crippen molar-refractivity contribution in [3.05, 3.63) is 65.9 Å². The van der Waals surface area contributed by atoms with E-state index in [-0.39, 0.29) is 18.6 Å². The van der Waals surface area contributed by atoms with Crippen molar-refractivity contribution in [3.63, 3.8) is 0 Å². The number of aliphatic carboxylic acids is 1. The Balaban J connectivity index is 1.85. The van der Waals surface area contributed by atoms with Crippen LogP contribution in [0.15, 0.2) is 54.7 Å². The molecule has 8 N–H and O–H groups in total. The molecule has 0 radical (unpaired) electrons. The van der Waals surface area contributed by atoms with E-state index in [4.69, 9.17) is 10.8 Å². The van der Waals surface area contributed by atoms with Crippen LogP contribution in [0.5, 0.6) is 5.75 Å². The van der Waals surface area contributed by atoms with Crippen LogP contribution >= 0.6 is 11.8 Å². The molecule has 0 saturated carbocycles. The number of aromatic amines is 1. The lowest BCUT2D eigenvalue weighted by molar-refractivity contribution is -0.138. The summed E-state index contributed by atoms with van der Waals surface area (Å²) < 4.78 is 0. The number of H-pyrrole nitrogens is 1. The van der Waals surface area contributed by atoms with Crippen molar-refractivity contribution in [3.8, 4) is 5.75 Å². The van der Waals surface area contributed by atoms with Gasteiger partial charge in [-0.2, -0.15) is 11.8 Å². The number of aromatic nitrogens is 1. The second-order valence-corrected chi connectivity index (χ2v) is 10.0. The normalized spacial score (nSPS) is 13.3. The number of para-hydroxylation sites is 1. The number of carbonyl (C=O) groups excluding carboxylic acids is 3. The van der Waals surface area contributed by atoms with Crippen LogP contribution < -0.4 is 21.7 Å². The molecule has 11 nitrogen and oxygen atoms in total. The minimum Gasteiger partial charge on any atom is -0.508 e. The van der Waals surface area contributed by atoms with Gasteiger partial charge in [-0.15, -0.1) is 0 Å². The van der Waals surface area contributed by atoms with Gasteiger partial charge in [-0.1, -0.05) is 30.3 Å². The fourth-order valence-corrected chi connectivity index (χ4v) is 4.51. The molecule has 3 rings (SSSR count). The van der Waals surface area contributed by atoms with Gasteiger partial charge in [-0.3, -0.25) is 19.2 Å². The Morgan fingerprint density at radius 1 is 0.949 bits per heavy atom. The van der Waals surface area contributed by atoms with Crippen LogP contribution in [0.1, 0.15) is 17.5 Å². The molecule has 0 saturated heterocycles. The van der Waals surface area contributed by atoms with E-state index in [0.717, 1.165) is 16.5 Å². The predicted octanol–water partition coefficient (Wildman–Crippen LogP) is 0.910. The molecule has 0 spiro atoms. The van der Waals surface area contributed by atoms with E-state index in [1.54, 1.807) is 30.1 Å². The summed E-state index contributed by atoms with van der Waals surface area (Å²) in [6, 6.07) is 10.6. The number of carboxylic acids is 1. The minimum absolute atomic E-state index is 0.0263. The first-order valence-electron chi connectivity index (χ1n) is 12.4. The lowest BCUT2D eigenvalue weighted by Crippen LogP contribution is -2.57. The lowest BCUT2D eigenvalue weighted by Gasteiger charge is -2.24. The summed E-state index contributed by atoms with van der Waals surface area (Å²) in [7, 11) is 0. The number of phenolic OH excluding ortho intramolecular Hbond substituents is 1. The van der Waals surface area contributed by atoms with Gasteiger partial charge < -0.3 is 36.9 Å². The SMILES string of the molecule is CSCCC(N)C(=O)NC(Cc1c[nH]c2ccccc12)C(=O)NC(Cc1ccc(O)cc1)C(=O)NCC(=O)O. The molecular weight excluding hydrogens is 522 g/mol. The first-order chi connectivity index (χ1) is 18.7. The second-order valence-electron chi connectivity index (χ2n) is 9.06. The highest BCUT2D eigenvalue weighted by Crippen LogP contribution is 2.19. The Morgan fingerprint density at radius 3 is 2.31 bits per heavy atom. The van der Waals surface area contributed by atoms with E-state index in [9.17, 15) is 24.3 Å². The summed E-state index contributed by atoms with van der Waals surface area (Å²) in [6.07, 6.45) is 4.24. The summed E-state index contributed by atoms with van der Waals surface area (Å²) in [5, 5.41) is 27.1. The maximum Gasteiger partial charge on any atom is 0.322 e. The van der Waals surface area contributed by atoms with Crippen LogP contribution in [0.25, 0.3) is 10.9 Å². The van der Waals surface area contributed by atoms with Gasteiger partial charge in [0.15, 0.2) is 0 Å². The number of thioether (sulfide) groups is 1. The molecule has 2 aromatic carbocycles. The number of carboxylic acid groups (broad SMARTS) is 1. The van der Waals surface area contributed by atoms with Crippen molar-refractivity contribution in [1.82, 2.24) is 20.9 Å². The molecule has 0 aliphatic heterocycles. The summed E-state index contributed by atoms with van der Waals surface area (Å²) in [6.45, 7) is -0.624. The molecule has 3 aromatic rings. The smallest absolute Gasteiger partial charge is 0.322 e. The van der Waals surface area contributed by atoms with Crippen molar-refractivity contribution in [2.24, 2.45) is 5.73 Å². The number of hydrogen-bond donors (Lipinski definition) is 7. The Bertz CT molecular complexity index is 1300. The van der Waals surface area contributed by atoms with Crippen LogP contribution in [0.2, 0.25) is 0 Å². The van der Waals surface area contributed by atoms with E-state index in [0.29, 0.717) is 17.7 Å². The number of hydrogen-bond acceptors (Lipinski definition) is 7. The van der Waals surface area contributed by atoms with Gasteiger partial charge in [-0.25, -0.2) is 0 Å². The summed E-state index contributed by atoms with van der Waals surface area (Å²) in [5.74, 6) is -2.34. The first-order valence-corrected chi connectivity index (χ1v) is 13.7. The van der Waals surface area contributed by atoms with Gasteiger partial charge >= 0.3 is 5.97 Å². The Hall–Kier alpha value is -4.03. The summed E-state index contributed by atoms with van der Waals surface area (Å²) >= 11 is 1.55. The number of aromatic hydroxyl groups is 1. The zero-order valence-corrected chi connectivity index (χ0v) is 22.3. The van der Waals surface area contributed by atoms with Crippen LogP contribution in [0, 0.1) is 0 Å². The van der Waals surface area contributed by atoms with Gasteiger partial charge in [0.1, 0.15) is 24.4 Å². The maximum absolute atomic E-state index is 13.6. The van der Waals surface area contributed by atoms with Gasteiger partial charge in [0.2, 0.25) is 17.7 Å². The molecule has 0 fully saturated rings. The van der Waals surface area contributed by atoms with Gasteiger partial charge in [-0.05, 0) is 47.8 Å². The Labute approximate surface area is 229 Å². The standard InChI is InChI=1S/C27H33N5O6S/c1-39-11-10-20(28)25(36)31-23(13-17-14-29-21-5-3-2-4-19(17)21)27(38)32-22(26(37)30-15-24(34)35)12-16-6-8-18(33)9-7-16/h2-9,14,20,22-23,29,33H,10-13,15,28H2,1H3,(H,30,37)(H,31,36)(H,32,38)(H,34,35). The lowest BCUT2D eigenvalue weighted by atomic mass is 10.0. The molecule has 0 aliphatic rings. The van der Waals surface area contributed by atoms with Crippen molar-refractivity contribution in [2.45, 2.75) is 37.4 Å².